The maximum absolute atomic E-state index is 14.2. The lowest BCUT2D eigenvalue weighted by atomic mass is 10.1. The number of aryl methyl sites for hydroxylation is 2. The van der Waals surface area contributed by atoms with Gasteiger partial charge in [-0.2, -0.15) is 18.2 Å². The van der Waals surface area contributed by atoms with Crippen LogP contribution in [-0.2, 0) is 12.8 Å². The minimum atomic E-state index is -4.78. The van der Waals surface area contributed by atoms with Crippen LogP contribution in [0, 0.1) is 19.7 Å². The first-order valence-corrected chi connectivity index (χ1v) is 7.50. The second-order valence-corrected chi connectivity index (χ2v) is 5.61. The van der Waals surface area contributed by atoms with Crippen LogP contribution in [0.5, 0.6) is 5.75 Å². The average molecular weight is 367 g/mol. The van der Waals surface area contributed by atoms with Crippen molar-refractivity contribution in [1.29, 1.82) is 0 Å². The molecule has 0 atom stereocenters. The fraction of sp³-hybridized carbons (Fsp3) is 0.235. The Balaban J connectivity index is 1.76. The Kier molecular flexibility index (Phi) is 4.62. The van der Waals surface area contributed by atoms with Crippen LogP contribution >= 0.6 is 0 Å². The van der Waals surface area contributed by atoms with Gasteiger partial charge in [0.25, 0.3) is 0 Å². The molecule has 0 radical (unpaired) electrons. The molecule has 0 saturated heterocycles. The molecule has 3 aromatic rings. The Labute approximate surface area is 145 Å². The Bertz CT molecular complexity index is 918. The summed E-state index contributed by atoms with van der Waals surface area (Å²) in [5, 5.41) is 3.17. The summed E-state index contributed by atoms with van der Waals surface area (Å²) in [6.45, 7) is 3.74. The van der Waals surface area contributed by atoms with Crippen molar-refractivity contribution in [2.45, 2.75) is 26.6 Å². The lowest BCUT2D eigenvalue weighted by Crippen LogP contribution is -2.05. The van der Waals surface area contributed by atoms with E-state index in [0.717, 1.165) is 17.5 Å². The van der Waals surface area contributed by atoms with Gasteiger partial charge in [0.1, 0.15) is 18.2 Å². The number of benzene rings is 1. The molecule has 0 saturated carbocycles. The third-order valence-corrected chi connectivity index (χ3v) is 3.40. The lowest BCUT2D eigenvalue weighted by Gasteiger charge is -2.09. The number of hydrogen-bond donors (Lipinski definition) is 0. The van der Waals surface area contributed by atoms with Gasteiger partial charge in [-0.15, -0.1) is 0 Å². The fourth-order valence-electron chi connectivity index (χ4n) is 2.32. The van der Waals surface area contributed by atoms with Crippen molar-refractivity contribution in [3.05, 3.63) is 59.0 Å². The van der Waals surface area contributed by atoms with Crippen LogP contribution < -0.4 is 4.74 Å². The van der Waals surface area contributed by atoms with Gasteiger partial charge in [-0.3, -0.25) is 4.98 Å². The van der Waals surface area contributed by atoms with Crippen LogP contribution in [0.25, 0.3) is 11.4 Å². The maximum Gasteiger partial charge on any atom is 0.471 e. The third kappa shape index (κ3) is 3.98. The van der Waals surface area contributed by atoms with Crippen LogP contribution in [0.3, 0.4) is 0 Å². The largest absolute Gasteiger partial charge is 0.489 e. The highest BCUT2D eigenvalue weighted by atomic mass is 19.4. The maximum atomic E-state index is 14.2. The summed E-state index contributed by atoms with van der Waals surface area (Å²) >= 11 is 0. The van der Waals surface area contributed by atoms with Gasteiger partial charge in [-0.1, -0.05) is 11.2 Å². The summed E-state index contributed by atoms with van der Waals surface area (Å²) in [5.74, 6) is -2.18. The van der Waals surface area contributed by atoms with E-state index in [4.69, 9.17) is 4.74 Å². The van der Waals surface area contributed by atoms with Gasteiger partial charge in [-0.25, -0.2) is 4.39 Å². The van der Waals surface area contributed by atoms with E-state index >= 15 is 0 Å². The number of ether oxygens (including phenoxy) is 1. The van der Waals surface area contributed by atoms with Crippen molar-refractivity contribution in [2.24, 2.45) is 0 Å². The molecule has 0 unspecified atom stereocenters. The van der Waals surface area contributed by atoms with E-state index in [2.05, 4.69) is 19.6 Å². The Morgan fingerprint density at radius 2 is 1.73 bits per heavy atom. The van der Waals surface area contributed by atoms with Gasteiger partial charge in [0.15, 0.2) is 0 Å². The SMILES string of the molecule is Cc1cc(OCc2ccc(-c3noc(C(F)(F)F)n3)c(F)c2)cc(C)n1. The van der Waals surface area contributed by atoms with Crippen molar-refractivity contribution < 1.29 is 26.8 Å². The highest BCUT2D eigenvalue weighted by molar-refractivity contribution is 5.55. The zero-order chi connectivity index (χ0) is 18.9. The number of hydrogen-bond acceptors (Lipinski definition) is 5. The first kappa shape index (κ1) is 17.8. The molecule has 0 amide bonds. The monoisotopic (exact) mass is 367 g/mol. The minimum absolute atomic E-state index is 0.0835. The van der Waals surface area contributed by atoms with Crippen molar-refractivity contribution in [3.8, 4) is 17.1 Å². The predicted molar refractivity (Wildman–Crippen MR) is 82.7 cm³/mol. The van der Waals surface area contributed by atoms with Crippen LogP contribution in [-0.4, -0.2) is 15.1 Å². The molecule has 0 aliphatic carbocycles. The Morgan fingerprint density at radius 3 is 2.31 bits per heavy atom. The molecule has 0 N–H and O–H groups in total. The summed E-state index contributed by atoms with van der Waals surface area (Å²) in [7, 11) is 0. The molecule has 1 aromatic carbocycles. The van der Waals surface area contributed by atoms with E-state index in [-0.39, 0.29) is 12.2 Å². The second kappa shape index (κ2) is 6.74. The smallest absolute Gasteiger partial charge is 0.471 e. The van der Waals surface area contributed by atoms with Crippen molar-refractivity contribution in [2.75, 3.05) is 0 Å². The van der Waals surface area contributed by atoms with Gasteiger partial charge < -0.3 is 9.26 Å². The van der Waals surface area contributed by atoms with Crippen LogP contribution in [0.4, 0.5) is 17.6 Å². The summed E-state index contributed by atoms with van der Waals surface area (Å²) in [5.41, 5.74) is 1.89. The quantitative estimate of drug-likeness (QED) is 0.636. The fourth-order valence-corrected chi connectivity index (χ4v) is 2.32. The normalized spacial score (nSPS) is 11.6. The van der Waals surface area contributed by atoms with Crippen LogP contribution in [0.2, 0.25) is 0 Å². The van der Waals surface area contributed by atoms with Crippen LogP contribution in [0.1, 0.15) is 22.8 Å². The Hall–Kier alpha value is -2.97. The molecule has 0 fully saturated rings. The molecular weight excluding hydrogens is 354 g/mol. The molecule has 0 bridgehead atoms. The molecule has 5 nitrogen and oxygen atoms in total. The van der Waals surface area contributed by atoms with E-state index in [9.17, 15) is 17.6 Å². The van der Waals surface area contributed by atoms with Crippen molar-refractivity contribution in [1.82, 2.24) is 15.1 Å². The van der Waals surface area contributed by atoms with Crippen molar-refractivity contribution >= 4 is 0 Å². The zero-order valence-corrected chi connectivity index (χ0v) is 13.8. The molecule has 2 aromatic heterocycles. The molecular formula is C17H13F4N3O2. The average Bonchev–Trinajstić information content (AvgIpc) is 3.02. The number of alkyl halides is 3. The molecule has 9 heteroatoms. The van der Waals surface area contributed by atoms with Crippen molar-refractivity contribution in [3.63, 3.8) is 0 Å². The second-order valence-electron chi connectivity index (χ2n) is 5.61. The van der Waals surface area contributed by atoms with Gasteiger partial charge >= 0.3 is 12.1 Å². The predicted octanol–water partition coefficient (Wildman–Crippen LogP) is 4.49. The summed E-state index contributed by atoms with van der Waals surface area (Å²) in [6.07, 6.45) is -4.78. The molecule has 3 rings (SSSR count). The molecule has 0 spiro atoms. The number of aromatic nitrogens is 3. The van der Waals surface area contributed by atoms with E-state index in [1.54, 1.807) is 12.1 Å². The van der Waals surface area contributed by atoms with E-state index in [1.807, 2.05) is 13.8 Å². The molecule has 136 valence electrons. The first-order chi connectivity index (χ1) is 12.2. The number of pyridine rings is 1. The van der Waals surface area contributed by atoms with Gasteiger partial charge in [0.2, 0.25) is 5.82 Å². The molecule has 0 aliphatic rings. The number of rotatable bonds is 4. The number of nitrogens with zero attached hydrogens (tertiary/aromatic N) is 3. The molecule has 2 heterocycles. The zero-order valence-electron chi connectivity index (χ0n) is 13.8. The summed E-state index contributed by atoms with van der Waals surface area (Å²) in [6, 6.07) is 7.44. The number of halogens is 4. The Morgan fingerprint density at radius 1 is 1.04 bits per heavy atom. The van der Waals surface area contributed by atoms with Gasteiger partial charge in [0, 0.05) is 23.5 Å². The van der Waals surface area contributed by atoms with Gasteiger partial charge in [0.05, 0.1) is 5.56 Å². The van der Waals surface area contributed by atoms with Crippen LogP contribution in [0.15, 0.2) is 34.9 Å². The minimum Gasteiger partial charge on any atom is -0.489 e. The highest BCUT2D eigenvalue weighted by Crippen LogP contribution is 2.30. The van der Waals surface area contributed by atoms with E-state index < -0.39 is 23.7 Å². The lowest BCUT2D eigenvalue weighted by molar-refractivity contribution is -0.159. The summed E-state index contributed by atoms with van der Waals surface area (Å²) in [4.78, 5) is 7.40. The first-order valence-electron chi connectivity index (χ1n) is 7.50. The van der Waals surface area contributed by atoms with E-state index in [1.165, 1.54) is 12.1 Å². The standard InChI is InChI=1S/C17H13F4N3O2/c1-9-5-12(6-10(2)22-9)25-8-11-3-4-13(14(18)7-11)15-23-16(26-24-15)17(19,20)21/h3-7H,8H2,1-2H3. The third-order valence-electron chi connectivity index (χ3n) is 3.40. The summed E-state index contributed by atoms with van der Waals surface area (Å²) < 4.78 is 61.4. The highest BCUT2D eigenvalue weighted by Gasteiger charge is 2.38. The topological polar surface area (TPSA) is 61.0 Å². The van der Waals surface area contributed by atoms with E-state index in [0.29, 0.717) is 11.3 Å². The van der Waals surface area contributed by atoms with Gasteiger partial charge in [-0.05, 0) is 31.5 Å². The molecule has 0 aliphatic heterocycles. The molecule has 26 heavy (non-hydrogen) atoms.